The van der Waals surface area contributed by atoms with Gasteiger partial charge in [-0.05, 0) is 24.6 Å². The standard InChI is InChI=1S/C11H9Cl2FN2S/c1-5-10(17-11(15)16-5)4-7-8(12)2-6(14)3-9(7)13/h2-3H,4H2,1H3,(H2,15,16). The minimum absolute atomic E-state index is 0.321. The summed E-state index contributed by atoms with van der Waals surface area (Å²) in [6.07, 6.45) is 0.513. The van der Waals surface area contributed by atoms with E-state index in [9.17, 15) is 4.39 Å². The zero-order valence-electron chi connectivity index (χ0n) is 8.93. The van der Waals surface area contributed by atoms with Crippen molar-refractivity contribution in [3.63, 3.8) is 0 Å². The smallest absolute Gasteiger partial charge is 0.180 e. The maximum Gasteiger partial charge on any atom is 0.180 e. The number of nitrogens with zero attached hydrogens (tertiary/aromatic N) is 1. The first-order valence-corrected chi connectivity index (χ1v) is 6.40. The Balaban J connectivity index is 2.39. The number of hydrogen-bond acceptors (Lipinski definition) is 3. The third-order valence-electron chi connectivity index (χ3n) is 2.35. The largest absolute Gasteiger partial charge is 0.375 e. The number of aromatic nitrogens is 1. The van der Waals surface area contributed by atoms with Gasteiger partial charge in [-0.25, -0.2) is 9.37 Å². The lowest BCUT2D eigenvalue weighted by atomic mass is 10.1. The Morgan fingerprint density at radius 2 is 1.94 bits per heavy atom. The van der Waals surface area contributed by atoms with Crippen LogP contribution in [0.15, 0.2) is 12.1 Å². The lowest BCUT2D eigenvalue weighted by Gasteiger charge is -2.06. The van der Waals surface area contributed by atoms with Crippen molar-refractivity contribution in [2.75, 3.05) is 5.73 Å². The van der Waals surface area contributed by atoms with Crippen LogP contribution in [-0.4, -0.2) is 4.98 Å². The molecule has 0 bridgehead atoms. The van der Waals surface area contributed by atoms with Gasteiger partial charge in [0.25, 0.3) is 0 Å². The fourth-order valence-electron chi connectivity index (χ4n) is 1.52. The average molecular weight is 291 g/mol. The topological polar surface area (TPSA) is 38.9 Å². The molecule has 0 saturated carbocycles. The molecular formula is C11H9Cl2FN2S. The maximum atomic E-state index is 13.0. The van der Waals surface area contributed by atoms with Crippen molar-refractivity contribution in [1.29, 1.82) is 0 Å². The van der Waals surface area contributed by atoms with Crippen LogP contribution in [0.3, 0.4) is 0 Å². The molecule has 1 heterocycles. The fraction of sp³-hybridized carbons (Fsp3) is 0.182. The summed E-state index contributed by atoms with van der Waals surface area (Å²) in [5.74, 6) is -0.440. The molecule has 1 aromatic carbocycles. The molecular weight excluding hydrogens is 282 g/mol. The summed E-state index contributed by atoms with van der Waals surface area (Å²) in [5, 5.41) is 1.15. The van der Waals surface area contributed by atoms with Gasteiger partial charge in [-0.1, -0.05) is 23.2 Å². The second-order valence-corrected chi connectivity index (χ2v) is 5.52. The molecule has 17 heavy (non-hydrogen) atoms. The number of anilines is 1. The monoisotopic (exact) mass is 290 g/mol. The Hall–Kier alpha value is -0.840. The lowest BCUT2D eigenvalue weighted by Crippen LogP contribution is -1.92. The number of rotatable bonds is 2. The highest BCUT2D eigenvalue weighted by atomic mass is 35.5. The molecule has 1 aromatic heterocycles. The summed E-state index contributed by atoms with van der Waals surface area (Å²) in [6, 6.07) is 2.50. The predicted molar refractivity (Wildman–Crippen MR) is 70.5 cm³/mol. The highest BCUT2D eigenvalue weighted by molar-refractivity contribution is 7.15. The van der Waals surface area contributed by atoms with E-state index in [2.05, 4.69) is 4.98 Å². The molecule has 0 fully saturated rings. The van der Waals surface area contributed by atoms with Crippen molar-refractivity contribution in [3.8, 4) is 0 Å². The van der Waals surface area contributed by atoms with Gasteiger partial charge in [-0.15, -0.1) is 11.3 Å². The number of nitrogen functional groups attached to an aromatic ring is 1. The van der Waals surface area contributed by atoms with Crippen LogP contribution in [0.4, 0.5) is 9.52 Å². The van der Waals surface area contributed by atoms with E-state index < -0.39 is 5.82 Å². The molecule has 0 aliphatic rings. The Labute approximate surface area is 112 Å². The van der Waals surface area contributed by atoms with Gasteiger partial charge in [0.15, 0.2) is 5.13 Å². The molecule has 0 saturated heterocycles. The minimum atomic E-state index is -0.440. The number of hydrogen-bond donors (Lipinski definition) is 1. The molecule has 0 aliphatic carbocycles. The Morgan fingerprint density at radius 1 is 1.35 bits per heavy atom. The number of halogens is 3. The highest BCUT2D eigenvalue weighted by Gasteiger charge is 2.13. The quantitative estimate of drug-likeness (QED) is 0.905. The molecule has 90 valence electrons. The predicted octanol–water partition coefficient (Wildman–Crippen LogP) is 4.07. The van der Waals surface area contributed by atoms with Crippen LogP contribution in [-0.2, 0) is 6.42 Å². The molecule has 0 unspecified atom stereocenters. The Morgan fingerprint density at radius 3 is 2.41 bits per heavy atom. The summed E-state index contributed by atoms with van der Waals surface area (Å²) in [5.41, 5.74) is 7.16. The van der Waals surface area contributed by atoms with E-state index in [4.69, 9.17) is 28.9 Å². The Bertz CT molecular complexity index is 546. The van der Waals surface area contributed by atoms with Crippen LogP contribution in [0.25, 0.3) is 0 Å². The van der Waals surface area contributed by atoms with Crippen LogP contribution in [0, 0.1) is 12.7 Å². The van der Waals surface area contributed by atoms with Crippen molar-refractivity contribution in [2.24, 2.45) is 0 Å². The molecule has 0 spiro atoms. The molecule has 0 amide bonds. The summed E-state index contributed by atoms with van der Waals surface area (Å²) in [7, 11) is 0. The first-order valence-electron chi connectivity index (χ1n) is 4.82. The molecule has 6 heteroatoms. The summed E-state index contributed by atoms with van der Waals surface area (Å²) < 4.78 is 13.0. The third kappa shape index (κ3) is 2.70. The van der Waals surface area contributed by atoms with Gasteiger partial charge in [-0.3, -0.25) is 0 Å². The lowest BCUT2D eigenvalue weighted by molar-refractivity contribution is 0.627. The number of aryl methyl sites for hydroxylation is 1. The molecule has 2 rings (SSSR count). The zero-order valence-corrected chi connectivity index (χ0v) is 11.3. The summed E-state index contributed by atoms with van der Waals surface area (Å²) in [6.45, 7) is 1.87. The van der Waals surface area contributed by atoms with E-state index in [-0.39, 0.29) is 0 Å². The van der Waals surface area contributed by atoms with Crippen LogP contribution >= 0.6 is 34.5 Å². The highest BCUT2D eigenvalue weighted by Crippen LogP contribution is 2.31. The first kappa shape index (κ1) is 12.6. The molecule has 2 N–H and O–H groups in total. The number of thiazole rings is 1. The van der Waals surface area contributed by atoms with Crippen LogP contribution in [0.2, 0.25) is 10.0 Å². The molecule has 2 aromatic rings. The summed E-state index contributed by atoms with van der Waals surface area (Å²) in [4.78, 5) is 5.10. The van der Waals surface area contributed by atoms with Crippen molar-refractivity contribution >= 4 is 39.7 Å². The SMILES string of the molecule is Cc1nc(N)sc1Cc1c(Cl)cc(F)cc1Cl. The van der Waals surface area contributed by atoms with E-state index in [1.165, 1.54) is 23.5 Å². The van der Waals surface area contributed by atoms with E-state index in [1.54, 1.807) is 0 Å². The van der Waals surface area contributed by atoms with E-state index in [0.717, 1.165) is 10.6 Å². The van der Waals surface area contributed by atoms with E-state index in [1.807, 2.05) is 6.92 Å². The van der Waals surface area contributed by atoms with Crippen molar-refractivity contribution in [2.45, 2.75) is 13.3 Å². The van der Waals surface area contributed by atoms with E-state index in [0.29, 0.717) is 27.2 Å². The van der Waals surface area contributed by atoms with Gasteiger partial charge in [0.05, 0.1) is 5.69 Å². The van der Waals surface area contributed by atoms with Crippen LogP contribution in [0.5, 0.6) is 0 Å². The fourth-order valence-corrected chi connectivity index (χ4v) is 2.96. The molecule has 0 atom stereocenters. The van der Waals surface area contributed by atoms with Gasteiger partial charge in [-0.2, -0.15) is 0 Å². The Kier molecular flexibility index (Phi) is 3.56. The van der Waals surface area contributed by atoms with Gasteiger partial charge in [0.2, 0.25) is 0 Å². The van der Waals surface area contributed by atoms with Crippen LogP contribution in [0.1, 0.15) is 16.1 Å². The molecule has 0 radical (unpaired) electrons. The minimum Gasteiger partial charge on any atom is -0.375 e. The first-order chi connectivity index (χ1) is 7.97. The second kappa shape index (κ2) is 4.80. The van der Waals surface area contributed by atoms with Gasteiger partial charge >= 0.3 is 0 Å². The maximum absolute atomic E-state index is 13.0. The van der Waals surface area contributed by atoms with Crippen molar-refractivity contribution < 1.29 is 4.39 Å². The normalized spacial score (nSPS) is 10.8. The second-order valence-electron chi connectivity index (χ2n) is 3.59. The number of benzene rings is 1. The van der Waals surface area contributed by atoms with Gasteiger partial charge in [0, 0.05) is 21.3 Å². The molecule has 0 aliphatic heterocycles. The third-order valence-corrected chi connectivity index (χ3v) is 4.01. The van der Waals surface area contributed by atoms with Crippen molar-refractivity contribution in [3.05, 3.63) is 44.1 Å². The number of nitrogens with two attached hydrogens (primary N) is 1. The van der Waals surface area contributed by atoms with Crippen LogP contribution < -0.4 is 5.73 Å². The molecule has 2 nitrogen and oxygen atoms in total. The average Bonchev–Trinajstić information content (AvgIpc) is 2.51. The van der Waals surface area contributed by atoms with Crippen molar-refractivity contribution in [1.82, 2.24) is 4.98 Å². The van der Waals surface area contributed by atoms with Gasteiger partial charge < -0.3 is 5.73 Å². The van der Waals surface area contributed by atoms with Gasteiger partial charge in [0.1, 0.15) is 5.82 Å². The zero-order chi connectivity index (χ0) is 12.6. The summed E-state index contributed by atoms with van der Waals surface area (Å²) >= 11 is 13.3. The van der Waals surface area contributed by atoms with E-state index >= 15 is 0 Å².